The lowest BCUT2D eigenvalue weighted by molar-refractivity contribution is -0.161. The smallest absolute Gasteiger partial charge is 0.462 e. The van der Waals surface area contributed by atoms with Crippen molar-refractivity contribution in [2.24, 2.45) is 23.7 Å². The van der Waals surface area contributed by atoms with Crippen LogP contribution < -0.4 is 0 Å². The monoisotopic (exact) mass is 1480 g/mol. The first kappa shape index (κ1) is 99.1. The quantitative estimate of drug-likeness (QED) is 0.0222. The van der Waals surface area contributed by atoms with Gasteiger partial charge in [-0.2, -0.15) is 0 Å². The van der Waals surface area contributed by atoms with Gasteiger partial charge in [0.1, 0.15) is 19.3 Å². The number of hydrogen-bond donors (Lipinski definition) is 3. The molecule has 101 heavy (non-hydrogen) atoms. The van der Waals surface area contributed by atoms with E-state index in [-0.39, 0.29) is 25.7 Å². The Kier molecular flexibility index (Phi) is 69.6. The third-order valence-electron chi connectivity index (χ3n) is 19.1. The molecule has 0 bridgehead atoms. The first-order chi connectivity index (χ1) is 48.6. The Morgan fingerprint density at radius 3 is 0.614 bits per heavy atom. The molecule has 17 nitrogen and oxygen atoms in total. The minimum Gasteiger partial charge on any atom is -0.462 e. The Labute approximate surface area is 619 Å². The summed E-state index contributed by atoms with van der Waals surface area (Å²) in [4.78, 5) is 73.0. The van der Waals surface area contributed by atoms with Gasteiger partial charge in [-0.1, -0.05) is 370 Å². The van der Waals surface area contributed by atoms with Gasteiger partial charge in [-0.3, -0.25) is 37.3 Å². The number of carbonyl (C=O) groups is 4. The molecule has 0 aromatic carbocycles. The van der Waals surface area contributed by atoms with E-state index in [4.69, 9.17) is 37.0 Å². The molecule has 0 aromatic rings. The van der Waals surface area contributed by atoms with Crippen molar-refractivity contribution in [3.8, 4) is 0 Å². The standard InChI is InChI=1S/C82H160O17P2/c1-72(2)58-50-42-34-28-22-16-10-9-11-19-25-31-37-46-54-62-79(84)92-68-77(98-81(86)64-56-48-38-32-26-20-14-12-17-23-29-35-43-51-59-73(3)4)70-96-100(88,89)94-66-76(83)67-95-101(90,91)97-71-78(69-93-80(85)63-55-47-41-40-45-53-61-75(7)8)99-82(87)65-57-49-39-33-27-21-15-13-18-24-30-36-44-52-60-74(5)6/h72-78,83H,9-71H2,1-8H3,(H,88,89)(H,90,91)/t76?,77-,78-/m1/s1. The van der Waals surface area contributed by atoms with Crippen molar-refractivity contribution in [1.29, 1.82) is 0 Å². The molecule has 0 aromatic heterocycles. The minimum absolute atomic E-state index is 0.106. The maximum absolute atomic E-state index is 13.1. The molecule has 0 aliphatic rings. The average Bonchev–Trinajstić information content (AvgIpc) is 0.975. The molecule has 0 aliphatic carbocycles. The molecule has 0 radical (unpaired) electrons. The molecule has 600 valence electrons. The largest absolute Gasteiger partial charge is 0.472 e. The van der Waals surface area contributed by atoms with E-state index in [0.717, 1.165) is 114 Å². The molecule has 5 atom stereocenters. The molecule has 19 heteroatoms. The first-order valence-electron chi connectivity index (χ1n) is 42.2. The van der Waals surface area contributed by atoms with E-state index in [2.05, 4.69) is 55.4 Å². The lowest BCUT2D eigenvalue weighted by Crippen LogP contribution is -2.30. The summed E-state index contributed by atoms with van der Waals surface area (Å²) in [7, 11) is -9.92. The molecule has 0 rings (SSSR count). The van der Waals surface area contributed by atoms with Crippen LogP contribution in [0.25, 0.3) is 0 Å². The summed E-state index contributed by atoms with van der Waals surface area (Å²) in [6, 6.07) is 0. The third kappa shape index (κ3) is 76.1. The second kappa shape index (κ2) is 71.0. The number of esters is 4. The number of ether oxygens (including phenoxy) is 4. The van der Waals surface area contributed by atoms with E-state index in [9.17, 15) is 43.2 Å². The van der Waals surface area contributed by atoms with Crippen LogP contribution in [0.5, 0.6) is 0 Å². The van der Waals surface area contributed by atoms with Crippen molar-refractivity contribution >= 4 is 39.5 Å². The first-order valence-corrected chi connectivity index (χ1v) is 45.2. The second-order valence-corrected chi connectivity index (χ2v) is 34.3. The number of unbranched alkanes of at least 4 members (excludes halogenated alkanes) is 45. The summed E-state index contributed by atoms with van der Waals surface area (Å²) in [5.41, 5.74) is 0. The predicted octanol–water partition coefficient (Wildman–Crippen LogP) is 24.4. The average molecular weight is 1480 g/mol. The zero-order valence-corrected chi connectivity index (χ0v) is 68.3. The van der Waals surface area contributed by atoms with Crippen molar-refractivity contribution in [2.75, 3.05) is 39.6 Å². The van der Waals surface area contributed by atoms with Gasteiger partial charge in [0, 0.05) is 25.7 Å². The van der Waals surface area contributed by atoms with Crippen molar-refractivity contribution < 1.29 is 80.2 Å². The van der Waals surface area contributed by atoms with E-state index in [1.165, 1.54) is 218 Å². The molecule has 0 saturated carbocycles. The fraction of sp³-hybridized carbons (Fsp3) is 0.951. The second-order valence-electron chi connectivity index (χ2n) is 31.4. The minimum atomic E-state index is -4.96. The van der Waals surface area contributed by atoms with Crippen LogP contribution in [-0.4, -0.2) is 96.7 Å². The van der Waals surface area contributed by atoms with Crippen LogP contribution >= 0.6 is 15.6 Å². The Morgan fingerprint density at radius 2 is 0.416 bits per heavy atom. The zero-order chi connectivity index (χ0) is 74.6. The maximum Gasteiger partial charge on any atom is 0.472 e. The highest BCUT2D eigenvalue weighted by Gasteiger charge is 2.30. The third-order valence-corrected chi connectivity index (χ3v) is 21.0. The molecule has 0 saturated heterocycles. The maximum atomic E-state index is 13.1. The van der Waals surface area contributed by atoms with Gasteiger partial charge < -0.3 is 33.8 Å². The summed E-state index contributed by atoms with van der Waals surface area (Å²) in [6.07, 6.45) is 58.4. The highest BCUT2D eigenvalue weighted by molar-refractivity contribution is 7.47. The summed E-state index contributed by atoms with van der Waals surface area (Å²) >= 11 is 0. The predicted molar refractivity (Wildman–Crippen MR) is 414 cm³/mol. The van der Waals surface area contributed by atoms with E-state index >= 15 is 0 Å². The molecule has 3 unspecified atom stereocenters. The van der Waals surface area contributed by atoms with E-state index in [1.54, 1.807) is 0 Å². The molecule has 3 N–H and O–H groups in total. The Morgan fingerprint density at radius 1 is 0.248 bits per heavy atom. The molecule has 0 fully saturated rings. The summed E-state index contributed by atoms with van der Waals surface area (Å²) in [5, 5.41) is 10.6. The van der Waals surface area contributed by atoms with Gasteiger partial charge in [0.25, 0.3) is 0 Å². The van der Waals surface area contributed by atoms with Crippen LogP contribution in [0.3, 0.4) is 0 Å². The molecule has 0 aliphatic heterocycles. The van der Waals surface area contributed by atoms with Gasteiger partial charge in [-0.15, -0.1) is 0 Å². The van der Waals surface area contributed by atoms with Crippen molar-refractivity contribution in [3.63, 3.8) is 0 Å². The van der Waals surface area contributed by atoms with Gasteiger partial charge in [0.15, 0.2) is 12.2 Å². The Balaban J connectivity index is 5.23. The lowest BCUT2D eigenvalue weighted by Gasteiger charge is -2.21. The fourth-order valence-corrected chi connectivity index (χ4v) is 14.2. The Hall–Kier alpha value is -1.94. The van der Waals surface area contributed by atoms with Gasteiger partial charge in [0.2, 0.25) is 0 Å². The van der Waals surface area contributed by atoms with Crippen LogP contribution in [0.15, 0.2) is 0 Å². The summed E-state index contributed by atoms with van der Waals surface area (Å²) in [5.74, 6) is 0.962. The summed E-state index contributed by atoms with van der Waals surface area (Å²) in [6.45, 7) is 14.2. The molecule has 0 heterocycles. The van der Waals surface area contributed by atoms with Crippen LogP contribution in [-0.2, 0) is 65.4 Å². The van der Waals surface area contributed by atoms with Gasteiger partial charge in [-0.25, -0.2) is 9.13 Å². The molecule has 0 amide bonds. The van der Waals surface area contributed by atoms with E-state index in [1.807, 2.05) is 0 Å². The number of phosphoric ester groups is 2. The van der Waals surface area contributed by atoms with Crippen molar-refractivity contribution in [2.45, 2.75) is 440 Å². The number of carbonyl (C=O) groups excluding carboxylic acids is 4. The summed E-state index contributed by atoms with van der Waals surface area (Å²) < 4.78 is 68.7. The highest BCUT2D eigenvalue weighted by Crippen LogP contribution is 2.45. The van der Waals surface area contributed by atoms with Crippen molar-refractivity contribution in [3.05, 3.63) is 0 Å². The SMILES string of the molecule is CC(C)CCCCCCCCCCCCCCCCCC(=O)OC[C@H](COP(=O)(O)OCC(O)COP(=O)(O)OC[C@@H](COC(=O)CCCCCCCCC(C)C)OC(=O)CCCCCCCCCCCCCCCCC(C)C)OC(=O)CCCCCCCCCCCCCCCCC(C)C. The zero-order valence-electron chi connectivity index (χ0n) is 66.5. The highest BCUT2D eigenvalue weighted by atomic mass is 31.2. The van der Waals surface area contributed by atoms with Crippen LogP contribution in [0.1, 0.15) is 421 Å². The van der Waals surface area contributed by atoms with Crippen LogP contribution in [0, 0.1) is 23.7 Å². The lowest BCUT2D eigenvalue weighted by atomic mass is 10.0. The van der Waals surface area contributed by atoms with Gasteiger partial charge in [0.05, 0.1) is 26.4 Å². The number of phosphoric acid groups is 2. The fourth-order valence-electron chi connectivity index (χ4n) is 12.6. The Bertz CT molecular complexity index is 1970. The van der Waals surface area contributed by atoms with E-state index < -0.39 is 97.5 Å². The number of aliphatic hydroxyl groups excluding tert-OH is 1. The van der Waals surface area contributed by atoms with Gasteiger partial charge in [-0.05, 0) is 49.4 Å². The van der Waals surface area contributed by atoms with Crippen molar-refractivity contribution in [1.82, 2.24) is 0 Å². The number of hydrogen-bond acceptors (Lipinski definition) is 15. The van der Waals surface area contributed by atoms with Crippen LogP contribution in [0.4, 0.5) is 0 Å². The van der Waals surface area contributed by atoms with Gasteiger partial charge >= 0.3 is 39.5 Å². The topological polar surface area (TPSA) is 237 Å². The van der Waals surface area contributed by atoms with E-state index in [0.29, 0.717) is 31.6 Å². The molecular weight excluding hydrogens is 1320 g/mol. The number of rotatable bonds is 79. The normalized spacial score (nSPS) is 14.0. The molecular formula is C82H160O17P2. The number of aliphatic hydroxyl groups is 1. The van der Waals surface area contributed by atoms with Crippen LogP contribution in [0.2, 0.25) is 0 Å². The molecule has 0 spiro atoms.